The molecular formula is C23H27N3O3. The van der Waals surface area contributed by atoms with Crippen molar-refractivity contribution in [2.75, 3.05) is 42.5 Å². The number of piperazine rings is 1. The van der Waals surface area contributed by atoms with Crippen LogP contribution in [-0.2, 0) is 4.79 Å². The number of hydrogen-bond donors (Lipinski definition) is 1. The highest BCUT2D eigenvalue weighted by Crippen LogP contribution is 2.24. The molecule has 0 aromatic heterocycles. The van der Waals surface area contributed by atoms with E-state index >= 15 is 0 Å². The molecular weight excluding hydrogens is 366 g/mol. The summed E-state index contributed by atoms with van der Waals surface area (Å²) in [5.41, 5.74) is 5.11. The minimum absolute atomic E-state index is 0.0182. The SMILES string of the molecule is Cc1ccc(N2CCN(C(=O)c3ccc(N4C[C@@H](O)CC4=O)cc3)CC2)c(C)c1. The van der Waals surface area contributed by atoms with Crippen LogP contribution in [0.1, 0.15) is 27.9 Å². The summed E-state index contributed by atoms with van der Waals surface area (Å²) < 4.78 is 0. The first kappa shape index (κ1) is 19.5. The van der Waals surface area contributed by atoms with Gasteiger partial charge in [-0.25, -0.2) is 0 Å². The van der Waals surface area contributed by atoms with Crippen molar-refractivity contribution in [3.05, 3.63) is 59.2 Å². The molecule has 2 aliphatic rings. The predicted molar refractivity (Wildman–Crippen MR) is 113 cm³/mol. The maximum atomic E-state index is 12.9. The predicted octanol–water partition coefficient (Wildman–Crippen LogP) is 2.36. The van der Waals surface area contributed by atoms with Crippen LogP contribution in [0.2, 0.25) is 0 Å². The van der Waals surface area contributed by atoms with E-state index in [9.17, 15) is 14.7 Å². The first-order chi connectivity index (χ1) is 13.9. The summed E-state index contributed by atoms with van der Waals surface area (Å²) in [5, 5.41) is 9.65. The van der Waals surface area contributed by atoms with Crippen LogP contribution in [-0.4, -0.2) is 60.6 Å². The summed E-state index contributed by atoms with van der Waals surface area (Å²) in [7, 11) is 0. The Morgan fingerprint density at radius 2 is 1.69 bits per heavy atom. The summed E-state index contributed by atoms with van der Waals surface area (Å²) in [6, 6.07) is 13.6. The first-order valence-electron chi connectivity index (χ1n) is 10.1. The van der Waals surface area contributed by atoms with Gasteiger partial charge in [-0.2, -0.15) is 0 Å². The van der Waals surface area contributed by atoms with Crippen molar-refractivity contribution in [1.82, 2.24) is 4.90 Å². The lowest BCUT2D eigenvalue weighted by Crippen LogP contribution is -2.49. The number of amides is 2. The third kappa shape index (κ3) is 3.98. The third-order valence-corrected chi connectivity index (χ3v) is 5.79. The van der Waals surface area contributed by atoms with Crippen molar-refractivity contribution in [2.45, 2.75) is 26.4 Å². The van der Waals surface area contributed by atoms with Gasteiger partial charge in [0.1, 0.15) is 0 Å². The first-order valence-corrected chi connectivity index (χ1v) is 10.1. The number of anilines is 2. The Morgan fingerprint density at radius 3 is 2.28 bits per heavy atom. The van der Waals surface area contributed by atoms with E-state index in [4.69, 9.17) is 0 Å². The Morgan fingerprint density at radius 1 is 1.00 bits per heavy atom. The summed E-state index contributed by atoms with van der Waals surface area (Å²) in [5.74, 6) is -0.0660. The van der Waals surface area contributed by atoms with Crippen LogP contribution >= 0.6 is 0 Å². The number of β-amino-alcohol motifs (C(OH)–C–C–N with tert-alkyl or cyclic N) is 1. The maximum absolute atomic E-state index is 12.9. The van der Waals surface area contributed by atoms with E-state index in [0.29, 0.717) is 25.2 Å². The molecule has 4 rings (SSSR count). The smallest absolute Gasteiger partial charge is 0.253 e. The Kier molecular flexibility index (Phi) is 5.28. The lowest BCUT2D eigenvalue weighted by atomic mass is 10.1. The molecule has 2 aliphatic heterocycles. The number of aryl methyl sites for hydroxylation is 2. The summed E-state index contributed by atoms with van der Waals surface area (Å²) in [6.45, 7) is 7.54. The number of hydrogen-bond acceptors (Lipinski definition) is 4. The van der Waals surface area contributed by atoms with Gasteiger partial charge in [-0.15, -0.1) is 0 Å². The van der Waals surface area contributed by atoms with Gasteiger partial charge in [-0.3, -0.25) is 9.59 Å². The van der Waals surface area contributed by atoms with Gasteiger partial charge in [-0.1, -0.05) is 17.7 Å². The van der Waals surface area contributed by atoms with Crippen LogP contribution < -0.4 is 9.80 Å². The fraction of sp³-hybridized carbons (Fsp3) is 0.391. The monoisotopic (exact) mass is 393 g/mol. The molecule has 0 bridgehead atoms. The molecule has 6 nitrogen and oxygen atoms in total. The lowest BCUT2D eigenvalue weighted by Gasteiger charge is -2.37. The minimum atomic E-state index is -0.614. The van der Waals surface area contributed by atoms with E-state index in [1.54, 1.807) is 29.2 Å². The Hall–Kier alpha value is -2.86. The molecule has 0 saturated carbocycles. The zero-order chi connectivity index (χ0) is 20.5. The molecule has 6 heteroatoms. The van der Waals surface area contributed by atoms with Gasteiger partial charge in [0.2, 0.25) is 5.91 Å². The van der Waals surface area contributed by atoms with Crippen molar-refractivity contribution in [3.63, 3.8) is 0 Å². The average Bonchev–Trinajstić information content (AvgIpc) is 3.06. The van der Waals surface area contributed by atoms with Crippen LogP contribution in [0.15, 0.2) is 42.5 Å². The molecule has 2 heterocycles. The molecule has 2 saturated heterocycles. The number of aliphatic hydroxyl groups is 1. The summed E-state index contributed by atoms with van der Waals surface area (Å²) >= 11 is 0. The molecule has 0 spiro atoms. The molecule has 2 aromatic carbocycles. The second-order valence-corrected chi connectivity index (χ2v) is 7.98. The molecule has 2 amide bonds. The van der Waals surface area contributed by atoms with Gasteiger partial charge in [-0.05, 0) is 49.7 Å². The van der Waals surface area contributed by atoms with Gasteiger partial charge in [0.05, 0.1) is 19.1 Å². The second-order valence-electron chi connectivity index (χ2n) is 7.98. The molecule has 29 heavy (non-hydrogen) atoms. The lowest BCUT2D eigenvalue weighted by molar-refractivity contribution is -0.117. The molecule has 2 aromatic rings. The van der Waals surface area contributed by atoms with Gasteiger partial charge in [0.15, 0.2) is 0 Å². The second kappa shape index (κ2) is 7.87. The third-order valence-electron chi connectivity index (χ3n) is 5.79. The van der Waals surface area contributed by atoms with E-state index in [1.165, 1.54) is 16.8 Å². The number of carbonyl (C=O) groups excluding carboxylic acids is 2. The molecule has 1 N–H and O–H groups in total. The van der Waals surface area contributed by atoms with Crippen LogP contribution in [0.5, 0.6) is 0 Å². The van der Waals surface area contributed by atoms with Crippen molar-refractivity contribution >= 4 is 23.2 Å². The Labute approximate surface area is 171 Å². The largest absolute Gasteiger partial charge is 0.391 e. The maximum Gasteiger partial charge on any atom is 0.253 e. The Bertz CT molecular complexity index is 917. The van der Waals surface area contributed by atoms with Crippen LogP contribution in [0.25, 0.3) is 0 Å². The average molecular weight is 393 g/mol. The van der Waals surface area contributed by atoms with Gasteiger partial charge in [0.25, 0.3) is 5.91 Å². The summed E-state index contributed by atoms with van der Waals surface area (Å²) in [6.07, 6.45) is -0.455. The number of aliphatic hydroxyl groups excluding tert-OH is 1. The van der Waals surface area contributed by atoms with Crippen LogP contribution in [0, 0.1) is 13.8 Å². The molecule has 0 radical (unpaired) electrons. The van der Waals surface area contributed by atoms with Gasteiger partial charge in [0, 0.05) is 43.1 Å². The zero-order valence-electron chi connectivity index (χ0n) is 17.0. The standard InChI is InChI=1S/C23H27N3O3/c1-16-3-8-21(17(2)13-16)24-9-11-25(12-10-24)23(29)18-4-6-19(7-5-18)26-15-20(27)14-22(26)28/h3-8,13,20,27H,9-12,14-15H2,1-2H3/t20-/m0/s1. The van der Waals surface area contributed by atoms with E-state index in [2.05, 4.69) is 36.9 Å². The fourth-order valence-electron chi connectivity index (χ4n) is 4.22. The molecule has 152 valence electrons. The molecule has 0 aliphatic carbocycles. The van der Waals surface area contributed by atoms with Crippen molar-refractivity contribution in [2.24, 2.45) is 0 Å². The van der Waals surface area contributed by atoms with E-state index < -0.39 is 6.10 Å². The molecule has 1 atom stereocenters. The number of benzene rings is 2. The van der Waals surface area contributed by atoms with E-state index in [-0.39, 0.29) is 18.2 Å². The number of carbonyl (C=O) groups is 2. The number of nitrogens with zero attached hydrogens (tertiary/aromatic N) is 3. The van der Waals surface area contributed by atoms with Crippen molar-refractivity contribution in [1.29, 1.82) is 0 Å². The quantitative estimate of drug-likeness (QED) is 0.870. The van der Waals surface area contributed by atoms with Gasteiger partial charge < -0.3 is 19.8 Å². The molecule has 0 unspecified atom stereocenters. The van der Waals surface area contributed by atoms with Crippen LogP contribution in [0.4, 0.5) is 11.4 Å². The minimum Gasteiger partial charge on any atom is -0.391 e. The molecule has 2 fully saturated rings. The van der Waals surface area contributed by atoms with Crippen molar-refractivity contribution in [3.8, 4) is 0 Å². The highest BCUT2D eigenvalue weighted by molar-refractivity contribution is 5.98. The zero-order valence-corrected chi connectivity index (χ0v) is 17.0. The summed E-state index contributed by atoms with van der Waals surface area (Å²) in [4.78, 5) is 30.6. The Balaban J connectivity index is 1.39. The fourth-order valence-corrected chi connectivity index (χ4v) is 4.22. The van der Waals surface area contributed by atoms with Crippen molar-refractivity contribution < 1.29 is 14.7 Å². The van der Waals surface area contributed by atoms with Crippen LogP contribution in [0.3, 0.4) is 0 Å². The normalized spacial score (nSPS) is 19.8. The van der Waals surface area contributed by atoms with E-state index in [0.717, 1.165) is 18.8 Å². The van der Waals surface area contributed by atoms with Gasteiger partial charge >= 0.3 is 0 Å². The topological polar surface area (TPSA) is 64.1 Å². The number of rotatable bonds is 3. The highest BCUT2D eigenvalue weighted by atomic mass is 16.3. The van der Waals surface area contributed by atoms with E-state index in [1.807, 2.05) is 4.90 Å². The highest BCUT2D eigenvalue weighted by Gasteiger charge is 2.29.